The maximum Gasteiger partial charge on any atom is 0.263 e. The van der Waals surface area contributed by atoms with Crippen molar-refractivity contribution in [3.8, 4) is 0 Å². The van der Waals surface area contributed by atoms with Gasteiger partial charge in [0.05, 0.1) is 13.0 Å². The second kappa shape index (κ2) is 8.42. The molecule has 1 aromatic heterocycles. The molecule has 0 radical (unpaired) electrons. The standard InChI is InChI=1S/C16H19N3O4S/c1-23-10-9-18-16(20)11-13-4-6-14(7-5-13)19-24(21,22)15-3-2-8-17-12-15/h2-8,12,19H,9-11H2,1H3,(H,18,20). The Hall–Kier alpha value is -2.45. The number of benzene rings is 1. The average Bonchev–Trinajstić information content (AvgIpc) is 2.57. The van der Waals surface area contributed by atoms with Crippen LogP contribution in [0.25, 0.3) is 0 Å². The van der Waals surface area contributed by atoms with E-state index in [0.29, 0.717) is 18.8 Å². The Morgan fingerprint density at radius 3 is 2.58 bits per heavy atom. The Morgan fingerprint density at radius 1 is 1.21 bits per heavy atom. The summed E-state index contributed by atoms with van der Waals surface area (Å²) in [6.45, 7) is 0.916. The first-order chi connectivity index (χ1) is 11.5. The summed E-state index contributed by atoms with van der Waals surface area (Å²) in [5.41, 5.74) is 1.21. The lowest BCUT2D eigenvalue weighted by atomic mass is 10.1. The highest BCUT2D eigenvalue weighted by molar-refractivity contribution is 7.92. The van der Waals surface area contributed by atoms with Gasteiger partial charge in [0.1, 0.15) is 4.90 Å². The van der Waals surface area contributed by atoms with Crippen LogP contribution in [0.5, 0.6) is 0 Å². The molecule has 0 aliphatic carbocycles. The third-order valence-electron chi connectivity index (χ3n) is 3.14. The summed E-state index contributed by atoms with van der Waals surface area (Å²) in [6.07, 6.45) is 3.01. The normalized spacial score (nSPS) is 11.0. The van der Waals surface area contributed by atoms with E-state index in [-0.39, 0.29) is 17.2 Å². The molecule has 128 valence electrons. The van der Waals surface area contributed by atoms with Gasteiger partial charge in [0.2, 0.25) is 5.91 Å². The topological polar surface area (TPSA) is 97.4 Å². The smallest absolute Gasteiger partial charge is 0.263 e. The zero-order valence-corrected chi connectivity index (χ0v) is 14.0. The Bertz CT molecular complexity index is 762. The number of methoxy groups -OCH3 is 1. The number of anilines is 1. The number of hydrogen-bond donors (Lipinski definition) is 2. The van der Waals surface area contributed by atoms with Crippen molar-refractivity contribution in [1.29, 1.82) is 0 Å². The van der Waals surface area contributed by atoms with Crippen molar-refractivity contribution in [3.05, 3.63) is 54.4 Å². The Morgan fingerprint density at radius 2 is 1.96 bits per heavy atom. The first-order valence-electron chi connectivity index (χ1n) is 7.29. The third kappa shape index (κ3) is 5.32. The third-order valence-corrected chi connectivity index (χ3v) is 4.51. The number of sulfonamides is 1. The van der Waals surface area contributed by atoms with Crippen LogP contribution in [-0.2, 0) is 26.0 Å². The van der Waals surface area contributed by atoms with Crippen LogP contribution in [0.3, 0.4) is 0 Å². The van der Waals surface area contributed by atoms with E-state index in [2.05, 4.69) is 15.0 Å². The molecule has 8 heteroatoms. The summed E-state index contributed by atoms with van der Waals surface area (Å²) in [4.78, 5) is 15.6. The molecule has 0 aliphatic rings. The van der Waals surface area contributed by atoms with Gasteiger partial charge in [-0.15, -0.1) is 0 Å². The molecule has 0 fully saturated rings. The van der Waals surface area contributed by atoms with Crippen LogP contribution >= 0.6 is 0 Å². The minimum absolute atomic E-state index is 0.0894. The first kappa shape index (κ1) is 17.9. The van der Waals surface area contributed by atoms with E-state index in [1.54, 1.807) is 37.4 Å². The lowest BCUT2D eigenvalue weighted by molar-refractivity contribution is -0.120. The molecule has 0 saturated heterocycles. The lowest BCUT2D eigenvalue weighted by Gasteiger charge is -2.09. The first-order valence-corrected chi connectivity index (χ1v) is 8.77. The molecule has 7 nitrogen and oxygen atoms in total. The molecule has 2 rings (SSSR count). The number of rotatable bonds is 8. The van der Waals surface area contributed by atoms with E-state index in [4.69, 9.17) is 4.74 Å². The highest BCUT2D eigenvalue weighted by atomic mass is 32.2. The summed E-state index contributed by atoms with van der Waals surface area (Å²) in [6, 6.07) is 9.67. The molecule has 0 spiro atoms. The number of amides is 1. The van der Waals surface area contributed by atoms with Gasteiger partial charge in [-0.1, -0.05) is 12.1 Å². The highest BCUT2D eigenvalue weighted by Gasteiger charge is 2.14. The summed E-state index contributed by atoms with van der Waals surface area (Å²) >= 11 is 0. The number of carbonyl (C=O) groups is 1. The van der Waals surface area contributed by atoms with E-state index >= 15 is 0 Å². The number of hydrogen-bond acceptors (Lipinski definition) is 5. The summed E-state index contributed by atoms with van der Waals surface area (Å²) in [5, 5.41) is 2.72. The van der Waals surface area contributed by atoms with Gasteiger partial charge in [-0.3, -0.25) is 14.5 Å². The fourth-order valence-corrected chi connectivity index (χ4v) is 2.97. The van der Waals surface area contributed by atoms with E-state index in [1.807, 2.05) is 0 Å². The van der Waals surface area contributed by atoms with E-state index in [1.165, 1.54) is 18.5 Å². The number of nitrogens with one attached hydrogen (secondary N) is 2. The van der Waals surface area contributed by atoms with Crippen molar-refractivity contribution in [1.82, 2.24) is 10.3 Å². The summed E-state index contributed by atoms with van der Waals surface area (Å²) in [5.74, 6) is -0.115. The zero-order valence-electron chi connectivity index (χ0n) is 13.2. The zero-order chi connectivity index (χ0) is 17.4. The molecule has 1 amide bonds. The molecule has 0 unspecified atom stereocenters. The van der Waals surface area contributed by atoms with E-state index in [0.717, 1.165) is 5.56 Å². The van der Waals surface area contributed by atoms with Gasteiger partial charge < -0.3 is 10.1 Å². The van der Waals surface area contributed by atoms with Crippen molar-refractivity contribution in [2.75, 3.05) is 25.0 Å². The molecule has 0 bridgehead atoms. The van der Waals surface area contributed by atoms with Crippen molar-refractivity contribution < 1.29 is 17.9 Å². The highest BCUT2D eigenvalue weighted by Crippen LogP contribution is 2.16. The van der Waals surface area contributed by atoms with Crippen LogP contribution in [0, 0.1) is 0 Å². The number of pyridine rings is 1. The fraction of sp³-hybridized carbons (Fsp3) is 0.250. The number of aromatic nitrogens is 1. The van der Waals surface area contributed by atoms with Gasteiger partial charge in [0.25, 0.3) is 10.0 Å². The molecular formula is C16H19N3O4S. The molecule has 2 aromatic rings. The second-order valence-electron chi connectivity index (χ2n) is 5.01. The van der Waals surface area contributed by atoms with Crippen molar-refractivity contribution in [2.24, 2.45) is 0 Å². The Labute approximate surface area is 141 Å². The number of nitrogens with zero attached hydrogens (tertiary/aromatic N) is 1. The molecule has 0 aliphatic heterocycles. The van der Waals surface area contributed by atoms with Crippen LogP contribution in [0.4, 0.5) is 5.69 Å². The van der Waals surface area contributed by atoms with Gasteiger partial charge in [0, 0.05) is 31.7 Å². The lowest BCUT2D eigenvalue weighted by Crippen LogP contribution is -2.28. The second-order valence-corrected chi connectivity index (χ2v) is 6.69. The quantitative estimate of drug-likeness (QED) is 0.698. The minimum atomic E-state index is -3.67. The van der Waals surface area contributed by atoms with Crippen molar-refractivity contribution in [3.63, 3.8) is 0 Å². The maximum absolute atomic E-state index is 12.2. The summed E-state index contributed by atoms with van der Waals surface area (Å²) in [7, 11) is -2.10. The predicted molar refractivity (Wildman–Crippen MR) is 90.1 cm³/mol. The fourth-order valence-electron chi connectivity index (χ4n) is 1.95. The van der Waals surface area contributed by atoms with Gasteiger partial charge in [-0.05, 0) is 29.8 Å². The van der Waals surface area contributed by atoms with Crippen LogP contribution in [0.1, 0.15) is 5.56 Å². The minimum Gasteiger partial charge on any atom is -0.383 e. The molecular weight excluding hydrogens is 330 g/mol. The van der Waals surface area contributed by atoms with Crippen LogP contribution in [0.15, 0.2) is 53.7 Å². The largest absolute Gasteiger partial charge is 0.383 e. The Balaban J connectivity index is 1.96. The molecule has 1 aromatic carbocycles. The van der Waals surface area contributed by atoms with Crippen LogP contribution in [0.2, 0.25) is 0 Å². The molecule has 0 atom stereocenters. The van der Waals surface area contributed by atoms with Gasteiger partial charge in [-0.25, -0.2) is 8.42 Å². The van der Waals surface area contributed by atoms with Crippen molar-refractivity contribution in [2.45, 2.75) is 11.3 Å². The number of carbonyl (C=O) groups excluding carboxylic acids is 1. The van der Waals surface area contributed by atoms with Gasteiger partial charge in [-0.2, -0.15) is 0 Å². The van der Waals surface area contributed by atoms with Crippen LogP contribution < -0.4 is 10.0 Å². The molecule has 0 saturated carbocycles. The van der Waals surface area contributed by atoms with Crippen molar-refractivity contribution >= 4 is 21.6 Å². The Kier molecular flexibility index (Phi) is 6.28. The molecule has 1 heterocycles. The average molecular weight is 349 g/mol. The number of ether oxygens (including phenoxy) is 1. The SMILES string of the molecule is COCCNC(=O)Cc1ccc(NS(=O)(=O)c2cccnc2)cc1. The van der Waals surface area contributed by atoms with Crippen LogP contribution in [-0.4, -0.2) is 39.6 Å². The molecule has 2 N–H and O–H groups in total. The van der Waals surface area contributed by atoms with E-state index in [9.17, 15) is 13.2 Å². The molecule has 24 heavy (non-hydrogen) atoms. The summed E-state index contributed by atoms with van der Waals surface area (Å²) < 4.78 is 31.7. The maximum atomic E-state index is 12.2. The monoisotopic (exact) mass is 349 g/mol. The van der Waals surface area contributed by atoms with Gasteiger partial charge in [0.15, 0.2) is 0 Å². The van der Waals surface area contributed by atoms with Gasteiger partial charge >= 0.3 is 0 Å². The predicted octanol–water partition coefficient (Wildman–Crippen LogP) is 1.19. The van der Waals surface area contributed by atoms with E-state index < -0.39 is 10.0 Å².